The second kappa shape index (κ2) is 12.6. The molecule has 1 heterocycles. The summed E-state index contributed by atoms with van der Waals surface area (Å²) in [6.07, 6.45) is 0.761. The average molecular weight is 570 g/mol. The molecule has 0 bridgehead atoms. The van der Waals surface area contributed by atoms with Crippen molar-refractivity contribution in [3.05, 3.63) is 107 Å². The molecule has 1 aliphatic carbocycles. The molecule has 10 heteroatoms. The number of alkyl carbamates (subject to hydrolysis) is 1. The zero-order valence-electron chi connectivity index (χ0n) is 22.2. The Labute approximate surface area is 240 Å². The number of hydrogen-bond donors (Lipinski definition) is 1. The number of fused-ring (bicyclic) bond motifs is 3. The van der Waals surface area contributed by atoms with Gasteiger partial charge in [0.05, 0.1) is 12.7 Å². The highest BCUT2D eigenvalue weighted by Crippen LogP contribution is 2.44. The van der Waals surface area contributed by atoms with Crippen molar-refractivity contribution in [1.29, 1.82) is 0 Å². The van der Waals surface area contributed by atoms with Gasteiger partial charge in [-0.25, -0.2) is 14.4 Å². The number of esters is 2. The molecule has 0 saturated heterocycles. The van der Waals surface area contributed by atoms with Crippen LogP contribution in [-0.4, -0.2) is 54.6 Å². The lowest BCUT2D eigenvalue weighted by Gasteiger charge is -2.18. The van der Waals surface area contributed by atoms with Crippen LogP contribution in [0.25, 0.3) is 21.7 Å². The summed E-state index contributed by atoms with van der Waals surface area (Å²) >= 11 is 1.26. The lowest BCUT2D eigenvalue weighted by atomic mass is 9.98. The number of ether oxygens (including phenoxy) is 3. The maximum Gasteiger partial charge on any atom is 0.407 e. The average Bonchev–Trinajstić information content (AvgIpc) is 3.61. The number of nitrogens with one attached hydrogen (secondary N) is 1. The van der Waals surface area contributed by atoms with Gasteiger partial charge < -0.3 is 19.5 Å². The van der Waals surface area contributed by atoms with E-state index in [1.54, 1.807) is 24.3 Å². The lowest BCUT2D eigenvalue weighted by molar-refractivity contribution is -0.144. The fourth-order valence-corrected chi connectivity index (χ4v) is 5.60. The zero-order chi connectivity index (χ0) is 28.8. The molecule has 1 amide bonds. The number of carbonyl (C=O) groups excluding carboxylic acids is 3. The number of carbonyl (C=O) groups is 3. The van der Waals surface area contributed by atoms with E-state index in [-0.39, 0.29) is 25.6 Å². The molecular formula is C31H27N3O6S. The number of aromatic nitrogens is 2. The predicted molar refractivity (Wildman–Crippen MR) is 154 cm³/mol. The molecule has 0 spiro atoms. The van der Waals surface area contributed by atoms with Gasteiger partial charge >= 0.3 is 18.0 Å². The molecule has 0 unspecified atom stereocenters. The number of hydrogen-bond acceptors (Lipinski definition) is 9. The standard InChI is InChI=1S/C31H27N3O6S/c1-3-16-39-30(36)26(17-27-33-34-28(41-27)19-12-14-20(15-13-19)29(35)38-2)32-31(37)40-18-25-23-10-6-4-8-21(23)22-9-5-7-11-24(22)25/h3-15,25-26H,1,16-18H2,2H3,(H,32,37)/t26-/m0/s1. The summed E-state index contributed by atoms with van der Waals surface area (Å²) < 4.78 is 15.6. The van der Waals surface area contributed by atoms with Crippen LogP contribution in [0, 0.1) is 0 Å². The molecular weight excluding hydrogens is 542 g/mol. The Bertz CT molecular complexity index is 1540. The van der Waals surface area contributed by atoms with Crippen LogP contribution in [0.2, 0.25) is 0 Å². The normalized spacial score (nSPS) is 12.5. The first-order chi connectivity index (χ1) is 20.0. The molecule has 3 aromatic carbocycles. The van der Waals surface area contributed by atoms with Crippen molar-refractivity contribution < 1.29 is 28.6 Å². The second-order valence-corrected chi connectivity index (χ2v) is 10.3. The highest BCUT2D eigenvalue weighted by atomic mass is 32.1. The van der Waals surface area contributed by atoms with Crippen molar-refractivity contribution in [2.45, 2.75) is 18.4 Å². The molecule has 1 aliphatic rings. The van der Waals surface area contributed by atoms with E-state index in [9.17, 15) is 14.4 Å². The van der Waals surface area contributed by atoms with Crippen LogP contribution >= 0.6 is 11.3 Å². The molecule has 1 aromatic heterocycles. The molecule has 0 saturated carbocycles. The molecule has 0 radical (unpaired) electrons. The maximum atomic E-state index is 12.9. The van der Waals surface area contributed by atoms with Crippen molar-refractivity contribution in [3.8, 4) is 21.7 Å². The minimum Gasteiger partial charge on any atom is -0.465 e. The van der Waals surface area contributed by atoms with Crippen LogP contribution in [-0.2, 0) is 25.4 Å². The Kier molecular flexibility index (Phi) is 8.50. The van der Waals surface area contributed by atoms with E-state index in [0.717, 1.165) is 27.8 Å². The van der Waals surface area contributed by atoms with Crippen molar-refractivity contribution in [3.63, 3.8) is 0 Å². The summed E-state index contributed by atoms with van der Waals surface area (Å²) in [7, 11) is 1.32. The monoisotopic (exact) mass is 569 g/mol. The van der Waals surface area contributed by atoms with Gasteiger partial charge in [0.1, 0.15) is 29.3 Å². The van der Waals surface area contributed by atoms with Gasteiger partial charge in [-0.05, 0) is 34.4 Å². The number of benzene rings is 3. The highest BCUT2D eigenvalue weighted by molar-refractivity contribution is 7.14. The van der Waals surface area contributed by atoms with Crippen LogP contribution < -0.4 is 5.32 Å². The molecule has 1 atom stereocenters. The zero-order valence-corrected chi connectivity index (χ0v) is 23.1. The van der Waals surface area contributed by atoms with Crippen LogP contribution in [0.3, 0.4) is 0 Å². The summed E-state index contributed by atoms with van der Waals surface area (Å²) in [5, 5.41) is 12.1. The van der Waals surface area contributed by atoms with Gasteiger partial charge in [-0.1, -0.05) is 84.7 Å². The van der Waals surface area contributed by atoms with E-state index in [0.29, 0.717) is 15.6 Å². The first-order valence-corrected chi connectivity index (χ1v) is 13.7. The molecule has 1 N–H and O–H groups in total. The molecule has 4 aromatic rings. The third-order valence-corrected chi connectivity index (χ3v) is 7.66. The minimum absolute atomic E-state index is 0.00435. The van der Waals surface area contributed by atoms with Crippen LogP contribution in [0.5, 0.6) is 0 Å². The molecule has 208 valence electrons. The van der Waals surface area contributed by atoms with Crippen LogP contribution in [0.4, 0.5) is 4.79 Å². The van der Waals surface area contributed by atoms with E-state index in [1.165, 1.54) is 24.5 Å². The summed E-state index contributed by atoms with van der Waals surface area (Å²) in [6.45, 7) is 3.67. The number of methoxy groups -OCH3 is 1. The molecule has 0 fully saturated rings. The molecule has 41 heavy (non-hydrogen) atoms. The summed E-state index contributed by atoms with van der Waals surface area (Å²) in [5.74, 6) is -1.19. The van der Waals surface area contributed by atoms with Gasteiger partial charge in [-0.3, -0.25) is 0 Å². The fraction of sp³-hybridized carbons (Fsp3) is 0.194. The number of amides is 1. The van der Waals surface area contributed by atoms with Gasteiger partial charge in [0.15, 0.2) is 0 Å². The quantitative estimate of drug-likeness (QED) is 0.158. The summed E-state index contributed by atoms with van der Waals surface area (Å²) in [6, 6.07) is 21.8. The van der Waals surface area contributed by atoms with Gasteiger partial charge in [0.25, 0.3) is 0 Å². The van der Waals surface area contributed by atoms with Crippen LogP contribution in [0.1, 0.15) is 32.4 Å². The number of nitrogens with zero attached hydrogens (tertiary/aromatic N) is 2. The smallest absolute Gasteiger partial charge is 0.407 e. The Balaban J connectivity index is 1.26. The van der Waals surface area contributed by atoms with Gasteiger partial charge in [0.2, 0.25) is 0 Å². The maximum absolute atomic E-state index is 12.9. The van der Waals surface area contributed by atoms with Crippen molar-refractivity contribution >= 4 is 29.4 Å². The third kappa shape index (κ3) is 6.17. The highest BCUT2D eigenvalue weighted by Gasteiger charge is 2.30. The summed E-state index contributed by atoms with van der Waals surface area (Å²) in [5.41, 5.74) is 5.58. The predicted octanol–water partition coefficient (Wildman–Crippen LogP) is 5.17. The first-order valence-electron chi connectivity index (χ1n) is 12.9. The molecule has 0 aliphatic heterocycles. The van der Waals surface area contributed by atoms with E-state index in [2.05, 4.69) is 34.2 Å². The van der Waals surface area contributed by atoms with Gasteiger partial charge in [-0.15, -0.1) is 10.2 Å². The Morgan fingerprint density at radius 1 is 0.951 bits per heavy atom. The molecule has 9 nitrogen and oxygen atoms in total. The van der Waals surface area contributed by atoms with E-state index < -0.39 is 24.1 Å². The van der Waals surface area contributed by atoms with Crippen LogP contribution in [0.15, 0.2) is 85.5 Å². The second-order valence-electron chi connectivity index (χ2n) is 9.22. The van der Waals surface area contributed by atoms with Gasteiger partial charge in [0, 0.05) is 17.9 Å². The SMILES string of the molecule is C=CCOC(=O)[C@H](Cc1nnc(-c2ccc(C(=O)OC)cc2)s1)NC(=O)OCC1c2ccccc2-c2ccccc21. The Morgan fingerprint density at radius 2 is 1.61 bits per heavy atom. The van der Waals surface area contributed by atoms with Crippen molar-refractivity contribution in [1.82, 2.24) is 15.5 Å². The minimum atomic E-state index is -1.05. The lowest BCUT2D eigenvalue weighted by Crippen LogP contribution is -2.44. The van der Waals surface area contributed by atoms with E-state index in [4.69, 9.17) is 14.2 Å². The van der Waals surface area contributed by atoms with Gasteiger partial charge in [-0.2, -0.15) is 0 Å². The third-order valence-electron chi connectivity index (χ3n) is 6.66. The van der Waals surface area contributed by atoms with E-state index in [1.807, 2.05) is 36.4 Å². The van der Waals surface area contributed by atoms with Crippen molar-refractivity contribution in [2.24, 2.45) is 0 Å². The topological polar surface area (TPSA) is 117 Å². The largest absolute Gasteiger partial charge is 0.465 e. The number of rotatable bonds is 10. The van der Waals surface area contributed by atoms with Crippen molar-refractivity contribution in [2.75, 3.05) is 20.3 Å². The fourth-order valence-electron chi connectivity index (χ4n) is 4.71. The van der Waals surface area contributed by atoms with E-state index >= 15 is 0 Å². The Morgan fingerprint density at radius 3 is 2.24 bits per heavy atom. The summed E-state index contributed by atoms with van der Waals surface area (Å²) in [4.78, 5) is 37.4. The Hall–Kier alpha value is -4.83. The molecule has 5 rings (SSSR count). The first kappa shape index (κ1) is 27.7.